The molecule has 1 aliphatic carbocycles. The lowest BCUT2D eigenvalue weighted by molar-refractivity contribution is 0.0486. The van der Waals surface area contributed by atoms with Crippen LogP contribution >= 0.6 is 0 Å². The summed E-state index contributed by atoms with van der Waals surface area (Å²) in [5.74, 6) is 0.360. The molecular formula is C49H67N5. The van der Waals surface area contributed by atoms with Crippen molar-refractivity contribution in [3.8, 4) is 6.07 Å². The molecule has 0 bridgehead atoms. The Hall–Kier alpha value is -4.11. The van der Waals surface area contributed by atoms with E-state index in [1.165, 1.54) is 68.5 Å². The van der Waals surface area contributed by atoms with Crippen LogP contribution < -0.4 is 5.32 Å². The minimum absolute atomic E-state index is 0.0273. The van der Waals surface area contributed by atoms with Crippen LogP contribution in [0, 0.1) is 22.7 Å². The molecule has 1 saturated heterocycles. The standard InChI is InChI=1S/C49H67N5/c1-13-38-26-41(45-31-52(12)37(9)35(7)36(45)8)27-39(14-2)46(38)32-54-25-24-53(33-49(54)21-22-49)30-40-18-17-19-44(43(40)20-23-51-16-4)47(34(5)6)42(29-50)28-48(10,11)15-3/h13,16-19,26-28,31,34,47,51H,1,4,9,14-15,20-25,30,32-33H2,2-3,5-8,10-12H3/b42-28+. The number of piperazine rings is 1. The van der Waals surface area contributed by atoms with E-state index in [0.29, 0.717) is 5.92 Å². The first kappa shape index (κ1) is 41.1. The largest absolute Gasteiger partial charge is 0.391 e. The Morgan fingerprint density at radius 3 is 2.39 bits per heavy atom. The first-order valence-electron chi connectivity index (χ1n) is 20.4. The lowest BCUT2D eigenvalue weighted by atomic mass is 9.76. The maximum Gasteiger partial charge on any atom is 0.0950 e. The lowest BCUT2D eigenvalue weighted by Crippen LogP contribution is -2.54. The molecular weight excluding hydrogens is 659 g/mol. The Balaban J connectivity index is 1.41. The molecule has 2 aromatic carbocycles. The van der Waals surface area contributed by atoms with Gasteiger partial charge in [0.1, 0.15) is 0 Å². The number of rotatable bonds is 16. The van der Waals surface area contributed by atoms with Gasteiger partial charge in [-0.3, -0.25) is 9.80 Å². The average molecular weight is 726 g/mol. The van der Waals surface area contributed by atoms with Gasteiger partial charge in [-0.1, -0.05) is 97.7 Å². The number of aryl methyl sites for hydroxylation is 1. The van der Waals surface area contributed by atoms with Crippen LogP contribution in [0.2, 0.25) is 0 Å². The molecule has 0 amide bonds. The minimum atomic E-state index is -0.0273. The van der Waals surface area contributed by atoms with Gasteiger partial charge in [0.05, 0.1) is 6.07 Å². The summed E-state index contributed by atoms with van der Waals surface area (Å²) in [5, 5.41) is 13.9. The number of likely N-dealkylation sites (N-methyl/N-ethyl adjacent to an activating group) is 1. The molecule has 0 radical (unpaired) electrons. The molecule has 0 aromatic heterocycles. The van der Waals surface area contributed by atoms with Gasteiger partial charge in [-0.2, -0.15) is 5.26 Å². The van der Waals surface area contributed by atoms with Crippen molar-refractivity contribution in [2.24, 2.45) is 11.3 Å². The van der Waals surface area contributed by atoms with E-state index < -0.39 is 0 Å². The van der Waals surface area contributed by atoms with Gasteiger partial charge in [0.25, 0.3) is 0 Å². The van der Waals surface area contributed by atoms with Crippen molar-refractivity contribution < 1.29 is 0 Å². The molecule has 1 N–H and O–H groups in total. The van der Waals surface area contributed by atoms with Crippen LogP contribution in [0.15, 0.2) is 91.0 Å². The SMILES string of the molecule is C=CNCCc1c(CN2CCN(Cc3c(C=C)cc(C4=CN(C)C(=C)C(C)=C4C)cc3CC)C3(CC3)C2)cccc1C(/C(C#N)=C/C(C)(C)CC)C(C)C. The molecule has 3 aliphatic rings. The lowest BCUT2D eigenvalue weighted by Gasteiger charge is -2.43. The van der Waals surface area contributed by atoms with Crippen molar-refractivity contribution in [3.63, 3.8) is 0 Å². The molecule has 1 unspecified atom stereocenters. The maximum absolute atomic E-state index is 10.5. The predicted molar refractivity (Wildman–Crippen MR) is 231 cm³/mol. The van der Waals surface area contributed by atoms with Crippen LogP contribution in [0.3, 0.4) is 0 Å². The van der Waals surface area contributed by atoms with E-state index in [4.69, 9.17) is 0 Å². The van der Waals surface area contributed by atoms with Gasteiger partial charge in [-0.05, 0) is 120 Å². The number of nitrogens with one attached hydrogen (secondary N) is 1. The summed E-state index contributed by atoms with van der Waals surface area (Å²) in [7, 11) is 2.09. The highest BCUT2D eigenvalue weighted by Crippen LogP contribution is 2.46. The van der Waals surface area contributed by atoms with Crippen LogP contribution in [0.1, 0.15) is 120 Å². The number of hydrogen-bond acceptors (Lipinski definition) is 5. The third-order valence-corrected chi connectivity index (χ3v) is 12.8. The molecule has 1 atom stereocenters. The topological polar surface area (TPSA) is 45.5 Å². The Bertz CT molecular complexity index is 1870. The highest BCUT2D eigenvalue weighted by atomic mass is 15.3. The van der Waals surface area contributed by atoms with Crippen LogP contribution in [0.4, 0.5) is 0 Å². The first-order chi connectivity index (χ1) is 25.7. The van der Waals surface area contributed by atoms with Gasteiger partial charge in [0.2, 0.25) is 0 Å². The van der Waals surface area contributed by atoms with Gasteiger partial charge in [0.15, 0.2) is 0 Å². The zero-order valence-corrected chi connectivity index (χ0v) is 35.0. The molecule has 54 heavy (non-hydrogen) atoms. The molecule has 288 valence electrons. The van der Waals surface area contributed by atoms with Crippen molar-refractivity contribution in [1.29, 1.82) is 5.26 Å². The zero-order chi connectivity index (χ0) is 39.4. The van der Waals surface area contributed by atoms with Gasteiger partial charge in [0, 0.05) is 80.8 Å². The molecule has 5 rings (SSSR count). The van der Waals surface area contributed by atoms with Crippen LogP contribution in [-0.4, -0.2) is 53.5 Å². The summed E-state index contributed by atoms with van der Waals surface area (Å²) in [4.78, 5) is 7.64. The second-order valence-electron chi connectivity index (χ2n) is 17.1. The summed E-state index contributed by atoms with van der Waals surface area (Å²) < 4.78 is 0. The van der Waals surface area contributed by atoms with Crippen molar-refractivity contribution in [2.45, 2.75) is 112 Å². The summed E-state index contributed by atoms with van der Waals surface area (Å²) >= 11 is 0. The number of benzene rings is 2. The Labute approximate surface area is 328 Å². The fourth-order valence-electron chi connectivity index (χ4n) is 8.77. The van der Waals surface area contributed by atoms with Crippen LogP contribution in [0.5, 0.6) is 0 Å². The Morgan fingerprint density at radius 1 is 1.04 bits per heavy atom. The molecule has 2 fully saturated rings. The van der Waals surface area contributed by atoms with E-state index >= 15 is 0 Å². The second-order valence-corrected chi connectivity index (χ2v) is 17.1. The van der Waals surface area contributed by atoms with Crippen LogP contribution in [0.25, 0.3) is 11.6 Å². The van der Waals surface area contributed by atoms with Crippen molar-refractivity contribution in [1.82, 2.24) is 20.0 Å². The molecule has 2 heterocycles. The number of nitriles is 1. The fraction of sp³-hybridized carbons (Fsp3) is 0.490. The van der Waals surface area contributed by atoms with E-state index in [0.717, 1.165) is 69.8 Å². The molecule has 5 heteroatoms. The second kappa shape index (κ2) is 17.1. The van der Waals surface area contributed by atoms with E-state index in [1.807, 2.05) is 0 Å². The maximum atomic E-state index is 10.5. The minimum Gasteiger partial charge on any atom is -0.391 e. The molecule has 2 aromatic rings. The monoisotopic (exact) mass is 726 g/mol. The third kappa shape index (κ3) is 8.72. The van der Waals surface area contributed by atoms with Crippen molar-refractivity contribution in [2.75, 3.05) is 33.2 Å². The molecule has 1 spiro atoms. The van der Waals surface area contributed by atoms with E-state index in [9.17, 15) is 5.26 Å². The number of hydrogen-bond donors (Lipinski definition) is 1. The normalized spacial score (nSPS) is 18.5. The van der Waals surface area contributed by atoms with Gasteiger partial charge < -0.3 is 10.2 Å². The summed E-state index contributed by atoms with van der Waals surface area (Å²) in [6.07, 6.45) is 13.7. The molecule has 5 nitrogen and oxygen atoms in total. The summed E-state index contributed by atoms with van der Waals surface area (Å²) in [5.41, 5.74) is 15.4. The van der Waals surface area contributed by atoms with E-state index in [2.05, 4.69) is 157 Å². The van der Waals surface area contributed by atoms with Gasteiger partial charge in [-0.25, -0.2) is 0 Å². The van der Waals surface area contributed by atoms with E-state index in [-0.39, 0.29) is 16.9 Å². The smallest absolute Gasteiger partial charge is 0.0950 e. The van der Waals surface area contributed by atoms with E-state index in [1.54, 1.807) is 6.20 Å². The first-order valence-corrected chi connectivity index (χ1v) is 20.4. The highest BCUT2D eigenvalue weighted by molar-refractivity contribution is 5.83. The summed E-state index contributed by atoms with van der Waals surface area (Å²) in [6.45, 7) is 36.3. The van der Waals surface area contributed by atoms with Gasteiger partial charge >= 0.3 is 0 Å². The fourth-order valence-corrected chi connectivity index (χ4v) is 8.77. The molecule has 1 saturated carbocycles. The zero-order valence-electron chi connectivity index (χ0n) is 35.0. The quantitative estimate of drug-likeness (QED) is 0.138. The van der Waals surface area contributed by atoms with Gasteiger partial charge in [-0.15, -0.1) is 0 Å². The summed E-state index contributed by atoms with van der Waals surface area (Å²) in [6, 6.07) is 14.3. The highest BCUT2D eigenvalue weighted by Gasteiger charge is 2.51. The Morgan fingerprint density at radius 2 is 1.78 bits per heavy atom. The Kier molecular flexibility index (Phi) is 13.0. The van der Waals surface area contributed by atoms with Crippen molar-refractivity contribution in [3.05, 3.63) is 130 Å². The predicted octanol–water partition coefficient (Wildman–Crippen LogP) is 10.8. The number of allylic oxidation sites excluding steroid dienone is 5. The van der Waals surface area contributed by atoms with Crippen molar-refractivity contribution >= 4 is 11.6 Å². The number of nitrogens with zero attached hydrogens (tertiary/aromatic N) is 4. The third-order valence-electron chi connectivity index (χ3n) is 12.8. The van der Waals surface area contributed by atoms with Crippen LogP contribution in [-0.2, 0) is 25.9 Å². The molecule has 2 aliphatic heterocycles. The average Bonchev–Trinajstić information content (AvgIpc) is 3.92.